The first-order valence-electron chi connectivity index (χ1n) is 8.22. The van der Waals surface area contributed by atoms with Gasteiger partial charge in [0.05, 0.1) is 13.2 Å². The van der Waals surface area contributed by atoms with Gasteiger partial charge in [0.15, 0.2) is 0 Å². The quantitative estimate of drug-likeness (QED) is 0.669. The van der Waals surface area contributed by atoms with Crippen LogP contribution in [0.15, 0.2) is 0 Å². The topological polar surface area (TPSA) is 53.6 Å². The predicted molar refractivity (Wildman–Crippen MR) is 86.4 cm³/mol. The van der Waals surface area contributed by atoms with Crippen molar-refractivity contribution in [2.24, 2.45) is 11.8 Å². The number of methoxy groups -OCH3 is 1. The molecule has 0 saturated carbocycles. The van der Waals surface area contributed by atoms with Crippen molar-refractivity contribution in [3.05, 3.63) is 0 Å². The zero-order valence-electron chi connectivity index (χ0n) is 14.2. The van der Waals surface area contributed by atoms with Gasteiger partial charge >= 0.3 is 0 Å². The van der Waals surface area contributed by atoms with Gasteiger partial charge in [0, 0.05) is 19.7 Å². The van der Waals surface area contributed by atoms with Crippen molar-refractivity contribution >= 4 is 5.91 Å². The lowest BCUT2D eigenvalue weighted by molar-refractivity contribution is -0.123. The van der Waals surface area contributed by atoms with Crippen LogP contribution in [0.4, 0.5) is 0 Å². The van der Waals surface area contributed by atoms with Crippen LogP contribution >= 0.6 is 0 Å². The summed E-state index contributed by atoms with van der Waals surface area (Å²) < 4.78 is 5.04. The van der Waals surface area contributed by atoms with E-state index in [0.29, 0.717) is 25.0 Å². The summed E-state index contributed by atoms with van der Waals surface area (Å²) in [5.41, 5.74) is 0. The van der Waals surface area contributed by atoms with E-state index in [0.717, 1.165) is 26.2 Å². The summed E-state index contributed by atoms with van der Waals surface area (Å²) in [7, 11) is 1.65. The number of carbonyl (C=O) groups excluding carboxylic acids is 1. The van der Waals surface area contributed by atoms with E-state index in [2.05, 4.69) is 29.4 Å². The van der Waals surface area contributed by atoms with E-state index in [1.807, 2.05) is 6.92 Å². The molecule has 21 heavy (non-hydrogen) atoms. The van der Waals surface area contributed by atoms with E-state index >= 15 is 0 Å². The Hall–Kier alpha value is -0.650. The molecule has 5 heteroatoms. The van der Waals surface area contributed by atoms with Gasteiger partial charge in [-0.15, -0.1) is 0 Å². The molecule has 0 aromatic rings. The van der Waals surface area contributed by atoms with Crippen LogP contribution in [0.3, 0.4) is 0 Å². The molecule has 0 spiro atoms. The van der Waals surface area contributed by atoms with E-state index in [1.165, 1.54) is 12.8 Å². The standard InChI is InChI=1S/C16H33N3O2/c1-13(2)8-17-9-15-6-5-7-19(10-15)11-16(20)18-14(3)12-21-4/h13-15,17H,5-12H2,1-4H3,(H,18,20). The first-order valence-corrected chi connectivity index (χ1v) is 8.22. The van der Waals surface area contributed by atoms with Crippen LogP contribution in [-0.2, 0) is 9.53 Å². The molecule has 0 radical (unpaired) electrons. The third kappa shape index (κ3) is 8.39. The first-order chi connectivity index (χ1) is 10.0. The Kier molecular flexibility index (Phi) is 8.88. The number of hydrogen-bond acceptors (Lipinski definition) is 4. The lowest BCUT2D eigenvalue weighted by atomic mass is 9.98. The lowest BCUT2D eigenvalue weighted by Crippen LogP contribution is -2.47. The third-order valence-corrected chi connectivity index (χ3v) is 3.78. The van der Waals surface area contributed by atoms with Crippen LogP contribution in [0, 0.1) is 11.8 Å². The Morgan fingerprint density at radius 2 is 2.14 bits per heavy atom. The van der Waals surface area contributed by atoms with Crippen molar-refractivity contribution < 1.29 is 9.53 Å². The fraction of sp³-hybridized carbons (Fsp3) is 0.938. The molecule has 1 aliphatic rings. The van der Waals surface area contributed by atoms with Crippen LogP contribution in [0.25, 0.3) is 0 Å². The Balaban J connectivity index is 2.24. The highest BCUT2D eigenvalue weighted by Gasteiger charge is 2.21. The molecule has 2 N–H and O–H groups in total. The molecule has 2 atom stereocenters. The number of nitrogens with zero attached hydrogens (tertiary/aromatic N) is 1. The van der Waals surface area contributed by atoms with Crippen molar-refractivity contribution in [2.45, 2.75) is 39.7 Å². The van der Waals surface area contributed by atoms with Crippen molar-refractivity contribution in [3.63, 3.8) is 0 Å². The number of piperidine rings is 1. The first kappa shape index (κ1) is 18.4. The highest BCUT2D eigenvalue weighted by atomic mass is 16.5. The molecule has 2 unspecified atom stereocenters. The molecule has 5 nitrogen and oxygen atoms in total. The van der Waals surface area contributed by atoms with E-state index in [4.69, 9.17) is 4.74 Å². The minimum atomic E-state index is 0.0794. The summed E-state index contributed by atoms with van der Waals surface area (Å²) in [5, 5.41) is 6.51. The number of hydrogen-bond donors (Lipinski definition) is 2. The van der Waals surface area contributed by atoms with Crippen LogP contribution in [0.5, 0.6) is 0 Å². The van der Waals surface area contributed by atoms with Gasteiger partial charge in [-0.25, -0.2) is 0 Å². The maximum atomic E-state index is 12.0. The molecule has 0 aliphatic carbocycles. The van der Waals surface area contributed by atoms with Gasteiger partial charge in [0.1, 0.15) is 0 Å². The minimum Gasteiger partial charge on any atom is -0.383 e. The molecule has 0 aromatic heterocycles. The Bertz CT molecular complexity index is 297. The summed E-state index contributed by atoms with van der Waals surface area (Å²) in [6, 6.07) is 0.0794. The normalized spacial score (nSPS) is 21.5. The Labute approximate surface area is 129 Å². The number of rotatable bonds is 9. The SMILES string of the molecule is COCC(C)NC(=O)CN1CCCC(CNCC(C)C)C1. The number of likely N-dealkylation sites (tertiary alicyclic amines) is 1. The zero-order valence-corrected chi connectivity index (χ0v) is 14.2. The van der Waals surface area contributed by atoms with Gasteiger partial charge < -0.3 is 15.4 Å². The van der Waals surface area contributed by atoms with Crippen LogP contribution < -0.4 is 10.6 Å². The Morgan fingerprint density at radius 3 is 2.81 bits per heavy atom. The minimum absolute atomic E-state index is 0.0794. The Morgan fingerprint density at radius 1 is 1.38 bits per heavy atom. The predicted octanol–water partition coefficient (Wildman–Crippen LogP) is 1.10. The van der Waals surface area contributed by atoms with Crippen molar-refractivity contribution in [1.29, 1.82) is 0 Å². The number of amides is 1. The molecule has 1 amide bonds. The second-order valence-corrected chi connectivity index (χ2v) is 6.72. The molecular formula is C16H33N3O2. The van der Waals surface area contributed by atoms with Crippen LogP contribution in [-0.4, -0.2) is 63.3 Å². The zero-order chi connectivity index (χ0) is 15.7. The summed E-state index contributed by atoms with van der Waals surface area (Å²) in [5.74, 6) is 1.47. The van der Waals surface area contributed by atoms with E-state index in [-0.39, 0.29) is 11.9 Å². The van der Waals surface area contributed by atoms with Gasteiger partial charge in [-0.3, -0.25) is 9.69 Å². The van der Waals surface area contributed by atoms with Gasteiger partial charge in [-0.05, 0) is 51.2 Å². The molecule has 0 aromatic carbocycles. The van der Waals surface area contributed by atoms with E-state index in [1.54, 1.807) is 7.11 Å². The second-order valence-electron chi connectivity index (χ2n) is 6.72. The van der Waals surface area contributed by atoms with Gasteiger partial charge in [0.2, 0.25) is 5.91 Å². The smallest absolute Gasteiger partial charge is 0.234 e. The fourth-order valence-electron chi connectivity index (χ4n) is 2.85. The summed E-state index contributed by atoms with van der Waals surface area (Å²) in [6.07, 6.45) is 2.46. The van der Waals surface area contributed by atoms with E-state index in [9.17, 15) is 4.79 Å². The average molecular weight is 299 g/mol. The largest absolute Gasteiger partial charge is 0.383 e. The molecule has 1 saturated heterocycles. The summed E-state index contributed by atoms with van der Waals surface area (Å²) in [6.45, 7) is 11.7. The van der Waals surface area contributed by atoms with E-state index < -0.39 is 0 Å². The molecular weight excluding hydrogens is 266 g/mol. The number of carbonyl (C=O) groups is 1. The molecule has 1 fully saturated rings. The van der Waals surface area contributed by atoms with Gasteiger partial charge in [-0.1, -0.05) is 13.8 Å². The average Bonchev–Trinajstić information content (AvgIpc) is 2.38. The van der Waals surface area contributed by atoms with Crippen molar-refractivity contribution in [2.75, 3.05) is 46.4 Å². The highest BCUT2D eigenvalue weighted by Crippen LogP contribution is 2.15. The molecule has 1 heterocycles. The van der Waals surface area contributed by atoms with Gasteiger partial charge in [-0.2, -0.15) is 0 Å². The molecule has 0 bridgehead atoms. The molecule has 124 valence electrons. The van der Waals surface area contributed by atoms with Crippen molar-refractivity contribution in [3.8, 4) is 0 Å². The van der Waals surface area contributed by atoms with Crippen LogP contribution in [0.2, 0.25) is 0 Å². The maximum absolute atomic E-state index is 12.0. The second kappa shape index (κ2) is 10.1. The number of nitrogens with one attached hydrogen (secondary N) is 2. The lowest BCUT2D eigenvalue weighted by Gasteiger charge is -2.32. The summed E-state index contributed by atoms with van der Waals surface area (Å²) >= 11 is 0. The van der Waals surface area contributed by atoms with Gasteiger partial charge in [0.25, 0.3) is 0 Å². The molecule has 1 rings (SSSR count). The van der Waals surface area contributed by atoms with Crippen molar-refractivity contribution in [1.82, 2.24) is 15.5 Å². The van der Waals surface area contributed by atoms with Crippen LogP contribution in [0.1, 0.15) is 33.6 Å². The fourth-order valence-corrected chi connectivity index (χ4v) is 2.85. The maximum Gasteiger partial charge on any atom is 0.234 e. The third-order valence-electron chi connectivity index (χ3n) is 3.78. The number of ether oxygens (including phenoxy) is 1. The molecule has 1 aliphatic heterocycles. The highest BCUT2D eigenvalue weighted by molar-refractivity contribution is 5.78. The monoisotopic (exact) mass is 299 g/mol. The summed E-state index contributed by atoms with van der Waals surface area (Å²) in [4.78, 5) is 14.3.